The summed E-state index contributed by atoms with van der Waals surface area (Å²) in [6.45, 7) is 3.77. The summed E-state index contributed by atoms with van der Waals surface area (Å²) >= 11 is 3.28. The fourth-order valence-electron chi connectivity index (χ4n) is 0.359. The first-order chi connectivity index (χ1) is 4.22. The van der Waals surface area contributed by atoms with Gasteiger partial charge in [0.25, 0.3) is 0 Å². The van der Waals surface area contributed by atoms with Crippen molar-refractivity contribution in [1.29, 1.82) is 0 Å². The summed E-state index contributed by atoms with van der Waals surface area (Å²) in [4.78, 5) is 3.72. The molecule has 0 amide bonds. The van der Waals surface area contributed by atoms with Crippen molar-refractivity contribution in [1.82, 2.24) is 0 Å². The van der Waals surface area contributed by atoms with E-state index in [0.29, 0.717) is 0 Å². The lowest BCUT2D eigenvalue weighted by Gasteiger charge is -1.90. The number of nitrogens with zero attached hydrogens (tertiary/aromatic N) is 1. The van der Waals surface area contributed by atoms with E-state index in [1.165, 1.54) is 0 Å². The Hall–Kier alpha value is -0.550. The minimum atomic E-state index is 0.833. The molecule has 0 aromatic heterocycles. The van der Waals surface area contributed by atoms with Crippen LogP contribution in [0.5, 0.6) is 0 Å². The van der Waals surface area contributed by atoms with Crippen molar-refractivity contribution in [2.24, 2.45) is 4.99 Å². The molecule has 0 bridgehead atoms. The molecule has 0 radical (unpaired) electrons. The van der Waals surface area contributed by atoms with E-state index in [4.69, 9.17) is 6.42 Å². The van der Waals surface area contributed by atoms with Crippen LogP contribution in [-0.2, 0) is 0 Å². The lowest BCUT2D eigenvalue weighted by Crippen LogP contribution is -1.87. The fourth-order valence-corrected chi connectivity index (χ4v) is 0.448. The molecule has 0 unspecified atom stereocenters. The van der Waals surface area contributed by atoms with Crippen LogP contribution >= 0.6 is 15.9 Å². The largest absolute Gasteiger partial charge is 0.202 e. The van der Waals surface area contributed by atoms with Crippen LogP contribution in [0, 0.1) is 12.5 Å². The molecule has 0 heterocycles. The molecule has 48 valence electrons. The molecule has 0 aliphatic carbocycles. The zero-order valence-corrected chi connectivity index (χ0v) is 7.07. The summed E-state index contributed by atoms with van der Waals surface area (Å²) in [6.07, 6.45) is 6.84. The van der Waals surface area contributed by atoms with Crippen LogP contribution in [0.2, 0.25) is 0 Å². The second-order valence-corrected chi connectivity index (χ2v) is 2.32. The lowest BCUT2D eigenvalue weighted by atomic mass is 10.4. The fraction of sp³-hybridized carbons (Fsp3) is 0.286. The molecule has 0 N–H and O–H groups in total. The second kappa shape index (κ2) is 4.34. The molecular formula is C7H8BrN. The summed E-state index contributed by atoms with van der Waals surface area (Å²) in [6, 6.07) is 2.20. The summed E-state index contributed by atoms with van der Waals surface area (Å²) < 4.78 is 0.945. The molecule has 0 spiro atoms. The minimum Gasteiger partial charge on any atom is -0.202 e. The van der Waals surface area contributed by atoms with E-state index in [0.717, 1.165) is 10.2 Å². The molecule has 0 aromatic carbocycles. The van der Waals surface area contributed by atoms with Crippen molar-refractivity contribution >= 4 is 21.6 Å². The molecule has 0 fully saturated rings. The Morgan fingerprint density at radius 2 is 2.33 bits per heavy atom. The maximum Gasteiger partial charge on any atom is 0.0618 e. The van der Waals surface area contributed by atoms with Gasteiger partial charge in [-0.25, -0.2) is 4.99 Å². The highest BCUT2D eigenvalue weighted by Gasteiger charge is 1.90. The number of terminal acetylenes is 1. The van der Waals surface area contributed by atoms with Gasteiger partial charge in [-0.1, -0.05) is 12.5 Å². The third-order valence-corrected chi connectivity index (χ3v) is 1.86. The van der Waals surface area contributed by atoms with Crippen LogP contribution < -0.4 is 0 Å². The highest BCUT2D eigenvalue weighted by Crippen LogP contribution is 2.05. The molecule has 0 saturated heterocycles. The summed E-state index contributed by atoms with van der Waals surface area (Å²) in [5.74, 6) is 0. The predicted octanol–water partition coefficient (Wildman–Crippen LogP) is 2.34. The first-order valence-corrected chi connectivity index (χ1v) is 3.33. The molecule has 0 atom stereocenters. The molecule has 0 saturated carbocycles. The molecule has 9 heavy (non-hydrogen) atoms. The van der Waals surface area contributed by atoms with Crippen LogP contribution in [0.25, 0.3) is 0 Å². The van der Waals surface area contributed by atoms with Gasteiger partial charge in [-0.05, 0) is 29.8 Å². The molecule has 0 aliphatic heterocycles. The van der Waals surface area contributed by atoms with Gasteiger partial charge in [-0.15, -0.1) is 0 Å². The van der Waals surface area contributed by atoms with Gasteiger partial charge in [0.05, 0.1) is 5.71 Å². The number of rotatable bonds is 1. The molecule has 0 aliphatic rings. The van der Waals surface area contributed by atoms with Gasteiger partial charge in [0, 0.05) is 10.5 Å². The SMILES string of the molecule is C#CN=C(C)/C(Br)=C\C. The van der Waals surface area contributed by atoms with E-state index in [-0.39, 0.29) is 0 Å². The quantitative estimate of drug-likeness (QED) is 0.440. The number of hydrogen-bond donors (Lipinski definition) is 0. The Morgan fingerprint density at radius 1 is 1.78 bits per heavy atom. The van der Waals surface area contributed by atoms with Gasteiger partial charge in [-0.3, -0.25) is 0 Å². The predicted molar refractivity (Wildman–Crippen MR) is 44.6 cm³/mol. The van der Waals surface area contributed by atoms with E-state index in [1.807, 2.05) is 19.9 Å². The maximum atomic E-state index is 4.94. The highest BCUT2D eigenvalue weighted by molar-refractivity contribution is 9.12. The van der Waals surface area contributed by atoms with Crippen LogP contribution in [-0.4, -0.2) is 5.71 Å². The third-order valence-electron chi connectivity index (χ3n) is 0.831. The average Bonchev–Trinajstić information content (AvgIpc) is 1.87. The third kappa shape index (κ3) is 3.10. The Morgan fingerprint density at radius 3 is 2.67 bits per heavy atom. The van der Waals surface area contributed by atoms with Crippen molar-refractivity contribution < 1.29 is 0 Å². The summed E-state index contributed by atoms with van der Waals surface area (Å²) in [5.41, 5.74) is 0.833. The first-order valence-electron chi connectivity index (χ1n) is 2.54. The zero-order valence-electron chi connectivity index (χ0n) is 5.48. The first kappa shape index (κ1) is 8.45. The van der Waals surface area contributed by atoms with Gasteiger partial charge >= 0.3 is 0 Å². The van der Waals surface area contributed by atoms with Crippen LogP contribution in [0.1, 0.15) is 13.8 Å². The van der Waals surface area contributed by atoms with E-state index in [2.05, 4.69) is 27.0 Å². The molecule has 1 nitrogen and oxygen atoms in total. The average molecular weight is 186 g/mol. The van der Waals surface area contributed by atoms with Gasteiger partial charge in [0.2, 0.25) is 0 Å². The summed E-state index contributed by atoms with van der Waals surface area (Å²) in [7, 11) is 0. The number of aliphatic imine (C=N–C) groups is 1. The lowest BCUT2D eigenvalue weighted by molar-refractivity contribution is 1.61. The van der Waals surface area contributed by atoms with Crippen molar-refractivity contribution in [3.05, 3.63) is 10.6 Å². The zero-order chi connectivity index (χ0) is 7.28. The Balaban J connectivity index is 4.25. The van der Waals surface area contributed by atoms with Gasteiger partial charge in [-0.2, -0.15) is 0 Å². The van der Waals surface area contributed by atoms with E-state index in [9.17, 15) is 0 Å². The smallest absolute Gasteiger partial charge is 0.0618 e. The second-order valence-electron chi connectivity index (χ2n) is 1.46. The Labute approximate surface area is 64.0 Å². The minimum absolute atomic E-state index is 0.833. The summed E-state index contributed by atoms with van der Waals surface area (Å²) in [5, 5.41) is 0. The standard InChI is InChI=1S/C7H8BrN/c1-4-7(8)6(3)9-5-2/h2,4H,1,3H3/b7-4+,9-6?. The van der Waals surface area contributed by atoms with E-state index >= 15 is 0 Å². The Kier molecular flexibility index (Phi) is 4.08. The van der Waals surface area contributed by atoms with Crippen LogP contribution in [0.15, 0.2) is 15.6 Å². The molecular weight excluding hydrogens is 178 g/mol. The van der Waals surface area contributed by atoms with E-state index in [1.54, 1.807) is 0 Å². The Bertz CT molecular complexity index is 184. The van der Waals surface area contributed by atoms with Crippen LogP contribution in [0.3, 0.4) is 0 Å². The van der Waals surface area contributed by atoms with Gasteiger partial charge < -0.3 is 0 Å². The maximum absolute atomic E-state index is 4.94. The van der Waals surface area contributed by atoms with Crippen molar-refractivity contribution in [2.75, 3.05) is 0 Å². The van der Waals surface area contributed by atoms with Gasteiger partial charge in [0.1, 0.15) is 0 Å². The van der Waals surface area contributed by atoms with Crippen molar-refractivity contribution in [3.63, 3.8) is 0 Å². The monoisotopic (exact) mass is 185 g/mol. The number of halogens is 1. The normalized spacial score (nSPS) is 13.1. The molecule has 2 heteroatoms. The number of hydrogen-bond acceptors (Lipinski definition) is 1. The van der Waals surface area contributed by atoms with Gasteiger partial charge in [0.15, 0.2) is 0 Å². The molecule has 0 aromatic rings. The van der Waals surface area contributed by atoms with E-state index < -0.39 is 0 Å². The number of allylic oxidation sites excluding steroid dienone is 2. The van der Waals surface area contributed by atoms with Crippen molar-refractivity contribution in [2.45, 2.75) is 13.8 Å². The van der Waals surface area contributed by atoms with Crippen LogP contribution in [0.4, 0.5) is 0 Å². The van der Waals surface area contributed by atoms with Crippen molar-refractivity contribution in [3.8, 4) is 12.5 Å². The topological polar surface area (TPSA) is 12.4 Å². The highest BCUT2D eigenvalue weighted by atomic mass is 79.9. The molecule has 0 rings (SSSR count).